The fourth-order valence-corrected chi connectivity index (χ4v) is 2.73. The van der Waals surface area contributed by atoms with Crippen molar-refractivity contribution in [2.24, 2.45) is 0 Å². The lowest BCUT2D eigenvalue weighted by atomic mass is 10.2. The van der Waals surface area contributed by atoms with Crippen LogP contribution in [0.1, 0.15) is 23.2 Å². The Kier molecular flexibility index (Phi) is 10.1. The van der Waals surface area contributed by atoms with Crippen LogP contribution in [0.2, 0.25) is 0 Å². The van der Waals surface area contributed by atoms with Gasteiger partial charge in [-0.3, -0.25) is 9.59 Å². The second-order valence-electron chi connectivity index (χ2n) is 5.50. The van der Waals surface area contributed by atoms with E-state index in [1.807, 2.05) is 6.26 Å². The number of benzene rings is 1. The zero-order valence-electron chi connectivity index (χ0n) is 16.0. The molecule has 0 saturated carbocycles. The zero-order chi connectivity index (χ0) is 20.2. The Balaban J connectivity index is 2.52. The molecule has 1 rings (SSSR count). The van der Waals surface area contributed by atoms with E-state index in [4.69, 9.17) is 14.2 Å². The highest BCUT2D eigenvalue weighted by Gasteiger charge is 2.21. The Labute approximate surface area is 163 Å². The monoisotopic (exact) mass is 398 g/mol. The van der Waals surface area contributed by atoms with E-state index < -0.39 is 12.0 Å². The predicted octanol–water partition coefficient (Wildman–Crippen LogP) is 1.23. The minimum atomic E-state index is -0.684. The van der Waals surface area contributed by atoms with Crippen LogP contribution in [0.5, 0.6) is 11.5 Å². The van der Waals surface area contributed by atoms with Gasteiger partial charge in [0.05, 0.1) is 21.3 Å². The van der Waals surface area contributed by atoms with E-state index >= 15 is 0 Å². The molecule has 0 bridgehead atoms. The third-order valence-electron chi connectivity index (χ3n) is 3.71. The largest absolute Gasteiger partial charge is 0.493 e. The Morgan fingerprint density at radius 1 is 1.11 bits per heavy atom. The summed E-state index contributed by atoms with van der Waals surface area (Å²) in [6.07, 6.45) is 2.45. The molecule has 0 spiro atoms. The summed E-state index contributed by atoms with van der Waals surface area (Å²) in [6.45, 7) is 0.134. The predicted molar refractivity (Wildman–Crippen MR) is 103 cm³/mol. The number of carbonyl (C=O) groups excluding carboxylic acids is 3. The summed E-state index contributed by atoms with van der Waals surface area (Å²) < 4.78 is 15.0. The molecule has 1 aromatic carbocycles. The maximum absolute atomic E-state index is 12.2. The highest BCUT2D eigenvalue weighted by Crippen LogP contribution is 2.27. The number of nitrogens with one attached hydrogen (secondary N) is 2. The fraction of sp³-hybridized carbons (Fsp3) is 0.500. The zero-order valence-corrected chi connectivity index (χ0v) is 16.8. The standard InChI is InChI=1S/C18H26N2O6S/c1-24-14-6-5-12(11-15(14)25-2)17(22)19-9-7-16(21)20-13(8-10-27-4)18(23)26-3/h5-6,11,13H,7-10H2,1-4H3,(H,19,22)(H,20,21)/t13-/m1/s1. The van der Waals surface area contributed by atoms with E-state index in [1.165, 1.54) is 21.3 Å². The smallest absolute Gasteiger partial charge is 0.328 e. The van der Waals surface area contributed by atoms with Gasteiger partial charge in [0.15, 0.2) is 11.5 Å². The van der Waals surface area contributed by atoms with Crippen molar-refractivity contribution in [2.45, 2.75) is 18.9 Å². The van der Waals surface area contributed by atoms with Crippen molar-refractivity contribution in [1.82, 2.24) is 10.6 Å². The van der Waals surface area contributed by atoms with E-state index in [0.717, 1.165) is 5.75 Å². The molecular formula is C18H26N2O6S. The number of methoxy groups -OCH3 is 3. The van der Waals surface area contributed by atoms with Crippen molar-refractivity contribution in [2.75, 3.05) is 39.9 Å². The van der Waals surface area contributed by atoms with Crippen molar-refractivity contribution < 1.29 is 28.6 Å². The van der Waals surface area contributed by atoms with Crippen molar-refractivity contribution in [3.8, 4) is 11.5 Å². The van der Waals surface area contributed by atoms with Crippen LogP contribution in [0.4, 0.5) is 0 Å². The highest BCUT2D eigenvalue weighted by molar-refractivity contribution is 7.98. The van der Waals surface area contributed by atoms with E-state index in [2.05, 4.69) is 10.6 Å². The fourth-order valence-electron chi connectivity index (χ4n) is 2.26. The molecule has 27 heavy (non-hydrogen) atoms. The lowest BCUT2D eigenvalue weighted by molar-refractivity contribution is -0.145. The maximum atomic E-state index is 12.2. The van der Waals surface area contributed by atoms with Crippen LogP contribution in [0.25, 0.3) is 0 Å². The van der Waals surface area contributed by atoms with Crippen LogP contribution in [0.15, 0.2) is 18.2 Å². The van der Waals surface area contributed by atoms with Crippen LogP contribution >= 0.6 is 11.8 Å². The summed E-state index contributed by atoms with van der Waals surface area (Å²) in [5.74, 6) is 0.530. The molecule has 2 amide bonds. The topological polar surface area (TPSA) is 103 Å². The lowest BCUT2D eigenvalue weighted by Crippen LogP contribution is -2.43. The molecule has 0 saturated heterocycles. The number of ether oxygens (including phenoxy) is 3. The van der Waals surface area contributed by atoms with Gasteiger partial charge in [-0.05, 0) is 36.6 Å². The molecule has 9 heteroatoms. The summed E-state index contributed by atoms with van der Waals surface area (Å²) in [7, 11) is 4.28. The van der Waals surface area contributed by atoms with Crippen LogP contribution in [0.3, 0.4) is 0 Å². The van der Waals surface area contributed by atoms with Crippen molar-refractivity contribution >= 4 is 29.5 Å². The molecule has 2 N–H and O–H groups in total. The molecule has 0 aliphatic carbocycles. The van der Waals surface area contributed by atoms with E-state index in [-0.39, 0.29) is 24.8 Å². The first-order valence-corrected chi connectivity index (χ1v) is 9.72. The summed E-state index contributed by atoms with van der Waals surface area (Å²) in [6, 6.07) is 4.11. The molecule has 1 aromatic rings. The Morgan fingerprint density at radius 3 is 2.41 bits per heavy atom. The van der Waals surface area contributed by atoms with Gasteiger partial charge in [0.2, 0.25) is 5.91 Å². The quantitative estimate of drug-likeness (QED) is 0.541. The number of amides is 2. The van der Waals surface area contributed by atoms with Gasteiger partial charge in [-0.15, -0.1) is 0 Å². The number of hydrogen-bond acceptors (Lipinski definition) is 7. The van der Waals surface area contributed by atoms with E-state index in [9.17, 15) is 14.4 Å². The Hall–Kier alpha value is -2.42. The van der Waals surface area contributed by atoms with E-state index in [1.54, 1.807) is 30.0 Å². The molecule has 150 valence electrons. The molecule has 1 atom stereocenters. The van der Waals surface area contributed by atoms with Gasteiger partial charge in [-0.2, -0.15) is 11.8 Å². The number of thioether (sulfide) groups is 1. The van der Waals surface area contributed by atoms with Gasteiger partial charge in [0.25, 0.3) is 5.91 Å². The molecule has 0 fully saturated rings. The maximum Gasteiger partial charge on any atom is 0.328 e. The van der Waals surface area contributed by atoms with Crippen LogP contribution in [0, 0.1) is 0 Å². The first kappa shape index (κ1) is 22.6. The van der Waals surface area contributed by atoms with Gasteiger partial charge >= 0.3 is 5.97 Å². The lowest BCUT2D eigenvalue weighted by Gasteiger charge is -2.16. The minimum absolute atomic E-state index is 0.0474. The summed E-state index contributed by atoms with van der Waals surface area (Å²) in [5, 5.41) is 5.30. The molecule has 0 unspecified atom stereocenters. The number of carbonyl (C=O) groups is 3. The van der Waals surface area contributed by atoms with Crippen molar-refractivity contribution in [3.63, 3.8) is 0 Å². The number of hydrogen-bond donors (Lipinski definition) is 2. The Bertz CT molecular complexity index is 653. The molecule has 0 heterocycles. The first-order chi connectivity index (χ1) is 13.0. The first-order valence-electron chi connectivity index (χ1n) is 8.33. The van der Waals surface area contributed by atoms with Gasteiger partial charge < -0.3 is 24.8 Å². The molecule has 0 aromatic heterocycles. The second-order valence-corrected chi connectivity index (χ2v) is 6.49. The summed E-state index contributed by atoms with van der Waals surface area (Å²) in [5.41, 5.74) is 0.389. The van der Waals surface area contributed by atoms with Crippen LogP contribution in [-0.2, 0) is 14.3 Å². The third kappa shape index (κ3) is 7.38. The molecule has 0 aliphatic rings. The van der Waals surface area contributed by atoms with Gasteiger partial charge in [-0.25, -0.2) is 4.79 Å². The van der Waals surface area contributed by atoms with Crippen LogP contribution in [-0.4, -0.2) is 63.7 Å². The number of esters is 1. The summed E-state index contributed by atoms with van der Waals surface area (Å²) >= 11 is 1.57. The normalized spacial score (nSPS) is 11.3. The van der Waals surface area contributed by atoms with Gasteiger partial charge in [0.1, 0.15) is 6.04 Å². The van der Waals surface area contributed by atoms with Crippen molar-refractivity contribution in [1.29, 1.82) is 0 Å². The molecular weight excluding hydrogens is 372 g/mol. The second kappa shape index (κ2) is 12.1. The minimum Gasteiger partial charge on any atom is -0.493 e. The van der Waals surface area contributed by atoms with Gasteiger partial charge in [-0.1, -0.05) is 0 Å². The van der Waals surface area contributed by atoms with Crippen molar-refractivity contribution in [3.05, 3.63) is 23.8 Å². The van der Waals surface area contributed by atoms with Gasteiger partial charge in [0, 0.05) is 18.5 Å². The number of rotatable bonds is 11. The average Bonchev–Trinajstić information content (AvgIpc) is 2.69. The summed E-state index contributed by atoms with van der Waals surface area (Å²) in [4.78, 5) is 35.9. The van der Waals surface area contributed by atoms with E-state index in [0.29, 0.717) is 23.5 Å². The molecule has 0 aliphatic heterocycles. The molecule has 0 radical (unpaired) electrons. The average molecular weight is 398 g/mol. The molecule has 8 nitrogen and oxygen atoms in total. The SMILES string of the molecule is COC(=O)[C@@H](CCSC)NC(=O)CCNC(=O)c1ccc(OC)c(OC)c1. The highest BCUT2D eigenvalue weighted by atomic mass is 32.2. The Morgan fingerprint density at radius 2 is 1.81 bits per heavy atom. The third-order valence-corrected chi connectivity index (χ3v) is 4.36. The van der Waals surface area contributed by atoms with Crippen LogP contribution < -0.4 is 20.1 Å².